The summed E-state index contributed by atoms with van der Waals surface area (Å²) in [6.07, 6.45) is 1.22. The molecule has 0 aromatic heterocycles. The minimum atomic E-state index is 0.0602. The van der Waals surface area contributed by atoms with Gasteiger partial charge in [0.25, 0.3) is 0 Å². The highest BCUT2D eigenvalue weighted by Crippen LogP contribution is 2.21. The molecule has 0 N–H and O–H groups in total. The Morgan fingerprint density at radius 1 is 1.47 bits per heavy atom. The van der Waals surface area contributed by atoms with Gasteiger partial charge in [0.2, 0.25) is 0 Å². The molecule has 0 saturated carbocycles. The van der Waals surface area contributed by atoms with E-state index in [1.807, 2.05) is 6.92 Å². The maximum Gasteiger partial charge on any atom is 0.166 e. The standard InChI is InChI=1S/C12H12BrClO/c1-3-8(2)4-12(15)9-5-10(13)7-11(14)6-9/h5-7H,2-4H2,1H3. The van der Waals surface area contributed by atoms with Crippen LogP contribution in [0, 0.1) is 0 Å². The van der Waals surface area contributed by atoms with Crippen LogP contribution in [0.3, 0.4) is 0 Å². The van der Waals surface area contributed by atoms with Gasteiger partial charge in [-0.15, -0.1) is 0 Å². The molecule has 80 valence electrons. The average molecular weight is 288 g/mol. The lowest BCUT2D eigenvalue weighted by molar-refractivity contribution is 0.0992. The SMILES string of the molecule is C=C(CC)CC(=O)c1cc(Cl)cc(Br)c1. The van der Waals surface area contributed by atoms with E-state index in [1.165, 1.54) is 0 Å². The number of hydrogen-bond acceptors (Lipinski definition) is 1. The van der Waals surface area contributed by atoms with Gasteiger partial charge in [-0.1, -0.05) is 46.6 Å². The topological polar surface area (TPSA) is 17.1 Å². The summed E-state index contributed by atoms with van der Waals surface area (Å²) in [4.78, 5) is 11.8. The van der Waals surface area contributed by atoms with E-state index in [2.05, 4.69) is 22.5 Å². The molecular weight excluding hydrogens is 275 g/mol. The molecule has 0 aliphatic heterocycles. The minimum absolute atomic E-state index is 0.0602. The Bertz CT molecular complexity index is 378. The third kappa shape index (κ3) is 3.80. The van der Waals surface area contributed by atoms with Crippen LogP contribution in [-0.2, 0) is 0 Å². The van der Waals surface area contributed by atoms with Gasteiger partial charge in [0.15, 0.2) is 5.78 Å². The fraction of sp³-hybridized carbons (Fsp3) is 0.250. The molecule has 3 heteroatoms. The van der Waals surface area contributed by atoms with Gasteiger partial charge in [0.05, 0.1) is 0 Å². The Kier molecular flexibility index (Phi) is 4.55. The number of halogens is 2. The van der Waals surface area contributed by atoms with Gasteiger partial charge in [0.1, 0.15) is 0 Å². The third-order valence-corrected chi connectivity index (χ3v) is 2.77. The highest BCUT2D eigenvalue weighted by Gasteiger charge is 2.08. The molecule has 0 atom stereocenters. The van der Waals surface area contributed by atoms with Gasteiger partial charge < -0.3 is 0 Å². The largest absolute Gasteiger partial charge is 0.294 e. The predicted molar refractivity (Wildman–Crippen MR) is 67.5 cm³/mol. The summed E-state index contributed by atoms with van der Waals surface area (Å²) in [6.45, 7) is 5.81. The van der Waals surface area contributed by atoms with Gasteiger partial charge in [-0.3, -0.25) is 4.79 Å². The van der Waals surface area contributed by atoms with Crippen LogP contribution in [0.2, 0.25) is 5.02 Å². The lowest BCUT2D eigenvalue weighted by Gasteiger charge is -2.03. The normalized spacial score (nSPS) is 10.1. The summed E-state index contributed by atoms with van der Waals surface area (Å²) in [5.74, 6) is 0.0602. The van der Waals surface area contributed by atoms with Crippen LogP contribution >= 0.6 is 27.5 Å². The van der Waals surface area contributed by atoms with Crippen molar-refractivity contribution in [2.75, 3.05) is 0 Å². The van der Waals surface area contributed by atoms with Gasteiger partial charge >= 0.3 is 0 Å². The van der Waals surface area contributed by atoms with Crippen molar-refractivity contribution < 1.29 is 4.79 Å². The highest BCUT2D eigenvalue weighted by atomic mass is 79.9. The molecule has 1 aromatic carbocycles. The van der Waals surface area contributed by atoms with Crippen molar-refractivity contribution in [2.24, 2.45) is 0 Å². The number of Topliss-reactive ketones (excluding diaryl/α,β-unsaturated/α-hetero) is 1. The molecule has 1 aromatic rings. The lowest BCUT2D eigenvalue weighted by atomic mass is 10.0. The smallest absolute Gasteiger partial charge is 0.166 e. The number of hydrogen-bond donors (Lipinski definition) is 0. The Hall–Kier alpha value is -0.600. The van der Waals surface area contributed by atoms with Crippen molar-refractivity contribution in [3.8, 4) is 0 Å². The fourth-order valence-corrected chi connectivity index (χ4v) is 2.03. The quantitative estimate of drug-likeness (QED) is 0.582. The number of allylic oxidation sites excluding steroid dienone is 1. The van der Waals surface area contributed by atoms with E-state index in [0.29, 0.717) is 17.0 Å². The zero-order valence-corrected chi connectivity index (χ0v) is 10.9. The fourth-order valence-electron chi connectivity index (χ4n) is 1.17. The van der Waals surface area contributed by atoms with Crippen LogP contribution in [0.25, 0.3) is 0 Å². The van der Waals surface area contributed by atoms with Crippen molar-refractivity contribution in [3.63, 3.8) is 0 Å². The molecular formula is C12H12BrClO. The predicted octanol–water partition coefficient (Wildman–Crippen LogP) is 4.64. The van der Waals surface area contributed by atoms with E-state index in [4.69, 9.17) is 11.6 Å². The van der Waals surface area contributed by atoms with Gasteiger partial charge in [0, 0.05) is 21.5 Å². The monoisotopic (exact) mass is 286 g/mol. The van der Waals surface area contributed by atoms with Crippen molar-refractivity contribution in [1.29, 1.82) is 0 Å². The molecule has 0 radical (unpaired) electrons. The Morgan fingerprint density at radius 3 is 2.67 bits per heavy atom. The van der Waals surface area contributed by atoms with E-state index in [-0.39, 0.29) is 5.78 Å². The van der Waals surface area contributed by atoms with Crippen molar-refractivity contribution in [1.82, 2.24) is 0 Å². The summed E-state index contributed by atoms with van der Waals surface area (Å²) >= 11 is 9.17. The molecule has 0 fully saturated rings. The molecule has 15 heavy (non-hydrogen) atoms. The van der Waals surface area contributed by atoms with E-state index < -0.39 is 0 Å². The molecule has 0 spiro atoms. The summed E-state index contributed by atoms with van der Waals surface area (Å²) in [5.41, 5.74) is 1.57. The first kappa shape index (κ1) is 12.5. The van der Waals surface area contributed by atoms with Crippen LogP contribution in [0.1, 0.15) is 30.1 Å². The number of carbonyl (C=O) groups excluding carboxylic acids is 1. The number of carbonyl (C=O) groups is 1. The van der Waals surface area contributed by atoms with Crippen molar-refractivity contribution in [2.45, 2.75) is 19.8 Å². The first-order chi connectivity index (χ1) is 7.02. The molecule has 0 unspecified atom stereocenters. The molecule has 0 bridgehead atoms. The van der Waals surface area contributed by atoms with Crippen LogP contribution < -0.4 is 0 Å². The summed E-state index contributed by atoms with van der Waals surface area (Å²) in [6, 6.07) is 5.21. The molecule has 0 aliphatic carbocycles. The second-order valence-corrected chi connectivity index (χ2v) is 4.71. The average Bonchev–Trinajstić information content (AvgIpc) is 2.16. The maximum atomic E-state index is 11.8. The minimum Gasteiger partial charge on any atom is -0.294 e. The second-order valence-electron chi connectivity index (χ2n) is 3.36. The van der Waals surface area contributed by atoms with Gasteiger partial charge in [-0.05, 0) is 24.6 Å². The number of rotatable bonds is 4. The Balaban J connectivity index is 2.86. The van der Waals surface area contributed by atoms with E-state index in [0.717, 1.165) is 16.5 Å². The highest BCUT2D eigenvalue weighted by molar-refractivity contribution is 9.10. The number of ketones is 1. The van der Waals surface area contributed by atoms with Crippen LogP contribution in [0.4, 0.5) is 0 Å². The second kappa shape index (κ2) is 5.47. The zero-order chi connectivity index (χ0) is 11.4. The van der Waals surface area contributed by atoms with E-state index >= 15 is 0 Å². The van der Waals surface area contributed by atoms with E-state index in [1.54, 1.807) is 18.2 Å². The van der Waals surface area contributed by atoms with Crippen LogP contribution in [0.5, 0.6) is 0 Å². The molecule has 0 saturated heterocycles. The molecule has 0 aliphatic rings. The van der Waals surface area contributed by atoms with Crippen molar-refractivity contribution >= 4 is 33.3 Å². The van der Waals surface area contributed by atoms with Crippen molar-refractivity contribution in [3.05, 3.63) is 45.4 Å². The Morgan fingerprint density at radius 2 is 2.13 bits per heavy atom. The van der Waals surface area contributed by atoms with E-state index in [9.17, 15) is 4.79 Å². The first-order valence-corrected chi connectivity index (χ1v) is 5.86. The molecule has 0 heterocycles. The Labute approximate surface area is 103 Å². The summed E-state index contributed by atoms with van der Waals surface area (Å²) in [7, 11) is 0. The number of benzene rings is 1. The summed E-state index contributed by atoms with van der Waals surface area (Å²) in [5, 5.41) is 0.565. The molecule has 0 amide bonds. The van der Waals surface area contributed by atoms with Gasteiger partial charge in [-0.2, -0.15) is 0 Å². The van der Waals surface area contributed by atoms with Gasteiger partial charge in [-0.25, -0.2) is 0 Å². The van der Waals surface area contributed by atoms with Crippen LogP contribution in [-0.4, -0.2) is 5.78 Å². The molecule has 1 nitrogen and oxygen atoms in total. The van der Waals surface area contributed by atoms with Crippen LogP contribution in [0.15, 0.2) is 34.8 Å². The first-order valence-electron chi connectivity index (χ1n) is 4.69. The zero-order valence-electron chi connectivity index (χ0n) is 8.52. The maximum absolute atomic E-state index is 11.8. The summed E-state index contributed by atoms with van der Waals surface area (Å²) < 4.78 is 0.820. The third-order valence-electron chi connectivity index (χ3n) is 2.10. The lowest BCUT2D eigenvalue weighted by Crippen LogP contribution is -2.00. The molecule has 1 rings (SSSR count).